The van der Waals surface area contributed by atoms with Crippen molar-refractivity contribution < 1.29 is 43.2 Å². The quantitative estimate of drug-likeness (QED) is 0.160. The molecule has 17 atom stereocenters. The van der Waals surface area contributed by atoms with E-state index >= 15 is 0 Å². The highest BCUT2D eigenvalue weighted by molar-refractivity contribution is 5.96. The highest BCUT2D eigenvalue weighted by atomic mass is 16.7. The van der Waals surface area contributed by atoms with Crippen LogP contribution in [-0.2, 0) is 38.1 Å². The Hall–Kier alpha value is -2.00. The highest BCUT2D eigenvalue weighted by Crippen LogP contribution is 2.72. The first kappa shape index (κ1) is 32.5. The topological polar surface area (TPSA) is 125 Å². The van der Waals surface area contributed by atoms with Crippen molar-refractivity contribution in [3.63, 3.8) is 0 Å². The lowest BCUT2D eigenvalue weighted by molar-refractivity contribution is -0.165. The molecule has 0 spiro atoms. The van der Waals surface area contributed by atoms with E-state index in [1.807, 2.05) is 27.7 Å². The number of methoxy groups -OCH3 is 1. The van der Waals surface area contributed by atoms with Crippen LogP contribution in [0.15, 0.2) is 0 Å². The lowest BCUT2D eigenvalue weighted by Gasteiger charge is -2.51. The largest absolute Gasteiger partial charge is 0.460 e. The first-order valence-electron chi connectivity index (χ1n) is 18.1. The first-order chi connectivity index (χ1) is 21.8. The van der Waals surface area contributed by atoms with Crippen molar-refractivity contribution in [3.05, 3.63) is 0 Å². The SMILES string of the molecule is COCOC(=O)C1CC2CC1C(C1C3CCC(C3)C1C1C(=O)OC(=O)C1C)C2C1C(C)C2CC(C(O)CC(=O)OC(C)(C)C)C1C2. The molecular weight excluding hydrogens is 588 g/mol. The van der Waals surface area contributed by atoms with Crippen molar-refractivity contribution in [3.8, 4) is 0 Å². The molecule has 9 heteroatoms. The molecule has 0 radical (unpaired) electrons. The third kappa shape index (κ3) is 5.25. The van der Waals surface area contributed by atoms with Gasteiger partial charge in [-0.2, -0.15) is 0 Å². The molecule has 6 bridgehead atoms. The van der Waals surface area contributed by atoms with Gasteiger partial charge in [0.1, 0.15) is 5.60 Å². The minimum absolute atomic E-state index is 0.0178. The second kappa shape index (κ2) is 11.9. The number of hydrogen-bond acceptors (Lipinski definition) is 9. The Morgan fingerprint density at radius 3 is 2.15 bits per heavy atom. The van der Waals surface area contributed by atoms with Gasteiger partial charge in [0.05, 0.1) is 30.3 Å². The molecule has 7 fully saturated rings. The number of hydrogen-bond donors (Lipinski definition) is 1. The molecule has 17 unspecified atom stereocenters. The molecule has 1 N–H and O–H groups in total. The van der Waals surface area contributed by atoms with E-state index in [1.54, 1.807) is 0 Å². The molecule has 7 rings (SSSR count). The van der Waals surface area contributed by atoms with Gasteiger partial charge in [-0.1, -0.05) is 13.8 Å². The lowest BCUT2D eigenvalue weighted by atomic mass is 9.53. The average Bonchev–Trinajstić information content (AvgIpc) is 3.83. The zero-order chi connectivity index (χ0) is 32.8. The van der Waals surface area contributed by atoms with Crippen LogP contribution < -0.4 is 0 Å². The van der Waals surface area contributed by atoms with Gasteiger partial charge >= 0.3 is 23.9 Å². The third-order valence-corrected chi connectivity index (χ3v) is 14.3. The molecule has 6 aliphatic carbocycles. The fourth-order valence-electron chi connectivity index (χ4n) is 13.1. The van der Waals surface area contributed by atoms with Gasteiger partial charge in [0, 0.05) is 7.11 Å². The summed E-state index contributed by atoms with van der Waals surface area (Å²) < 4.78 is 21.5. The molecule has 6 saturated carbocycles. The van der Waals surface area contributed by atoms with Crippen molar-refractivity contribution in [1.82, 2.24) is 0 Å². The molecule has 1 saturated heterocycles. The van der Waals surface area contributed by atoms with Gasteiger partial charge in [0.2, 0.25) is 0 Å². The lowest BCUT2D eigenvalue weighted by Crippen LogP contribution is -2.49. The Labute approximate surface area is 273 Å². The second-order valence-electron chi connectivity index (χ2n) is 17.4. The van der Waals surface area contributed by atoms with Crippen molar-refractivity contribution in [2.75, 3.05) is 13.9 Å². The summed E-state index contributed by atoms with van der Waals surface area (Å²) in [7, 11) is 1.53. The van der Waals surface area contributed by atoms with Crippen LogP contribution in [0.5, 0.6) is 0 Å². The van der Waals surface area contributed by atoms with Gasteiger partial charge in [-0.25, -0.2) is 0 Å². The molecule has 46 heavy (non-hydrogen) atoms. The van der Waals surface area contributed by atoms with Crippen molar-refractivity contribution in [2.24, 2.45) is 94.7 Å². The predicted molar refractivity (Wildman–Crippen MR) is 165 cm³/mol. The van der Waals surface area contributed by atoms with E-state index in [0.717, 1.165) is 44.9 Å². The van der Waals surface area contributed by atoms with E-state index in [9.17, 15) is 24.3 Å². The maximum Gasteiger partial charge on any atom is 0.317 e. The van der Waals surface area contributed by atoms with Crippen molar-refractivity contribution in [2.45, 2.75) is 97.7 Å². The fraction of sp³-hybridized carbons (Fsp3) is 0.892. The number of esters is 4. The maximum absolute atomic E-state index is 13.5. The number of carbonyl (C=O) groups is 4. The number of rotatable bonds is 9. The van der Waals surface area contributed by atoms with Gasteiger partial charge in [-0.15, -0.1) is 0 Å². The van der Waals surface area contributed by atoms with E-state index < -0.39 is 29.5 Å². The highest BCUT2D eigenvalue weighted by Gasteiger charge is 2.68. The number of carbonyl (C=O) groups excluding carboxylic acids is 4. The minimum Gasteiger partial charge on any atom is -0.460 e. The maximum atomic E-state index is 13.5. The summed E-state index contributed by atoms with van der Waals surface area (Å²) >= 11 is 0. The summed E-state index contributed by atoms with van der Waals surface area (Å²) in [6, 6.07) is 0. The van der Waals surface area contributed by atoms with Crippen LogP contribution in [0.1, 0.15) is 86.0 Å². The second-order valence-corrected chi connectivity index (χ2v) is 17.4. The number of aliphatic hydroxyl groups excluding tert-OH is 1. The van der Waals surface area contributed by atoms with Crippen molar-refractivity contribution in [1.29, 1.82) is 0 Å². The summed E-state index contributed by atoms with van der Waals surface area (Å²) in [5, 5.41) is 11.5. The summed E-state index contributed by atoms with van der Waals surface area (Å²) in [6.45, 7) is 9.76. The Balaban J connectivity index is 1.21. The standard InChI is InChI=1S/C37H54O9/c1-16-20-10-22(26(38)14-27(39)46-37(3,4)5)23(11-20)28(16)32-21-12-24(25(13-21)35(41)44-15-43-6)33(32)31-19-8-7-18(9-19)30(31)29-17(2)34(40)45-36(29)42/h16-26,28-33,38H,7-15H2,1-6H3. The van der Waals surface area contributed by atoms with E-state index in [4.69, 9.17) is 18.9 Å². The molecule has 0 aromatic rings. The molecule has 9 nitrogen and oxygen atoms in total. The van der Waals surface area contributed by atoms with E-state index in [1.165, 1.54) is 7.11 Å². The molecule has 0 aromatic carbocycles. The van der Waals surface area contributed by atoms with E-state index in [-0.39, 0.29) is 66.6 Å². The van der Waals surface area contributed by atoms with Crippen molar-refractivity contribution >= 4 is 23.9 Å². The smallest absolute Gasteiger partial charge is 0.317 e. The fourth-order valence-corrected chi connectivity index (χ4v) is 13.1. The van der Waals surface area contributed by atoms with Crippen LogP contribution in [-0.4, -0.2) is 54.6 Å². The minimum atomic E-state index is -0.732. The van der Waals surface area contributed by atoms with E-state index in [0.29, 0.717) is 47.3 Å². The Morgan fingerprint density at radius 1 is 0.848 bits per heavy atom. The van der Waals surface area contributed by atoms with Gasteiger partial charge in [-0.05, 0) is 143 Å². The van der Waals surface area contributed by atoms with Gasteiger partial charge in [0.15, 0.2) is 6.79 Å². The van der Waals surface area contributed by atoms with Crippen LogP contribution in [0.3, 0.4) is 0 Å². The molecule has 1 heterocycles. The molecule has 256 valence electrons. The number of aliphatic hydroxyl groups is 1. The molecule has 0 aromatic heterocycles. The van der Waals surface area contributed by atoms with Crippen LogP contribution in [0.2, 0.25) is 0 Å². The number of cyclic esters (lactones) is 2. The third-order valence-electron chi connectivity index (χ3n) is 14.3. The molecule has 7 aliphatic rings. The summed E-state index contributed by atoms with van der Waals surface area (Å²) in [4.78, 5) is 52.1. The molecule has 0 amide bonds. The van der Waals surface area contributed by atoms with E-state index in [2.05, 4.69) is 6.92 Å². The Kier molecular flexibility index (Phi) is 8.38. The summed E-state index contributed by atoms with van der Waals surface area (Å²) in [5.41, 5.74) is -0.592. The number of ether oxygens (including phenoxy) is 4. The van der Waals surface area contributed by atoms with Gasteiger partial charge in [0.25, 0.3) is 0 Å². The molecular formula is C37H54O9. The zero-order valence-electron chi connectivity index (χ0n) is 28.4. The van der Waals surface area contributed by atoms with Crippen LogP contribution in [0.25, 0.3) is 0 Å². The Morgan fingerprint density at radius 2 is 1.52 bits per heavy atom. The first-order valence-corrected chi connectivity index (χ1v) is 18.1. The zero-order valence-corrected chi connectivity index (χ0v) is 28.4. The van der Waals surface area contributed by atoms with Crippen LogP contribution in [0, 0.1) is 94.7 Å². The van der Waals surface area contributed by atoms with Gasteiger partial charge < -0.3 is 24.1 Å². The molecule has 1 aliphatic heterocycles. The Bertz CT molecular complexity index is 1240. The summed E-state index contributed by atoms with van der Waals surface area (Å²) in [5.74, 6) is 1.89. The van der Waals surface area contributed by atoms with Crippen LogP contribution in [0.4, 0.5) is 0 Å². The monoisotopic (exact) mass is 642 g/mol. The summed E-state index contributed by atoms with van der Waals surface area (Å²) in [6.07, 6.45) is 6.40. The normalized spacial score (nSPS) is 47.9. The van der Waals surface area contributed by atoms with Crippen LogP contribution >= 0.6 is 0 Å². The van der Waals surface area contributed by atoms with Gasteiger partial charge in [-0.3, -0.25) is 19.2 Å². The predicted octanol–water partition coefficient (Wildman–Crippen LogP) is 5.02. The average molecular weight is 643 g/mol. The number of fused-ring (bicyclic) bond motifs is 6.